The number of phenols is 1. The molecule has 0 saturated carbocycles. The molecule has 44 heavy (non-hydrogen) atoms. The van der Waals surface area contributed by atoms with E-state index in [2.05, 4.69) is 26.3 Å². The summed E-state index contributed by atoms with van der Waals surface area (Å²) in [5.74, 6) is -0.231. The number of H-pyrrole nitrogens is 1. The van der Waals surface area contributed by atoms with Gasteiger partial charge >= 0.3 is 4.87 Å². The third-order valence-electron chi connectivity index (χ3n) is 9.00. The van der Waals surface area contributed by atoms with Crippen LogP contribution in [0.25, 0.3) is 10.2 Å². The molecule has 0 bridgehead atoms. The highest BCUT2D eigenvalue weighted by Gasteiger charge is 2.40. The number of nitrogens with one attached hydrogen (secondary N) is 2. The minimum atomic E-state index is -0.860. The molecule has 2 aromatic carbocycles. The highest BCUT2D eigenvalue weighted by molar-refractivity contribution is 7.16. The van der Waals surface area contributed by atoms with E-state index >= 15 is 0 Å². The van der Waals surface area contributed by atoms with Gasteiger partial charge in [-0.05, 0) is 93.4 Å². The highest BCUT2D eigenvalue weighted by Crippen LogP contribution is 2.40. The van der Waals surface area contributed by atoms with Crippen LogP contribution in [0.5, 0.6) is 5.75 Å². The van der Waals surface area contributed by atoms with E-state index in [9.17, 15) is 24.2 Å². The van der Waals surface area contributed by atoms with Gasteiger partial charge in [-0.25, -0.2) is 9.37 Å². The highest BCUT2D eigenvalue weighted by atomic mass is 32.1. The van der Waals surface area contributed by atoms with Crippen molar-refractivity contribution in [2.45, 2.75) is 51.7 Å². The minimum absolute atomic E-state index is 0.0250. The number of hydrogen-bond donors (Lipinski definition) is 4. The first-order chi connectivity index (χ1) is 21.2. The van der Waals surface area contributed by atoms with Crippen LogP contribution in [-0.2, 0) is 13.0 Å². The lowest BCUT2D eigenvalue weighted by Gasteiger charge is -2.47. The topological polar surface area (TPSA) is 122 Å². The molecule has 1 unspecified atom stereocenters. The number of aromatic amines is 1. The molecule has 4 aromatic rings. The number of nitrogens with zero attached hydrogens (tertiary/aromatic N) is 3. The number of aryl methyl sites for hydroxylation is 1. The predicted octanol–water partition coefficient (Wildman–Crippen LogP) is 4.58. The fourth-order valence-electron chi connectivity index (χ4n) is 6.69. The summed E-state index contributed by atoms with van der Waals surface area (Å²) in [4.78, 5) is 35.9. The first-order valence-electron chi connectivity index (χ1n) is 15.1. The molecule has 6 rings (SSSR count). The fourth-order valence-corrected chi connectivity index (χ4v) is 8.20. The van der Waals surface area contributed by atoms with E-state index < -0.39 is 6.10 Å². The molecule has 1 atom stereocenters. The van der Waals surface area contributed by atoms with E-state index in [1.54, 1.807) is 18.2 Å². The maximum atomic E-state index is 14.6. The number of rotatable bonds is 9. The van der Waals surface area contributed by atoms with Crippen molar-refractivity contribution < 1.29 is 19.4 Å². The molecule has 2 saturated heterocycles. The van der Waals surface area contributed by atoms with Crippen molar-refractivity contribution in [1.29, 1.82) is 0 Å². The summed E-state index contributed by atoms with van der Waals surface area (Å²) in [7, 11) is 0. The van der Waals surface area contributed by atoms with Gasteiger partial charge in [-0.3, -0.25) is 14.5 Å². The summed E-state index contributed by atoms with van der Waals surface area (Å²) in [6.07, 6.45) is 3.94. The minimum Gasteiger partial charge on any atom is -0.506 e. The quantitative estimate of drug-likeness (QED) is 0.198. The number of aliphatic hydroxyl groups is 1. The van der Waals surface area contributed by atoms with Crippen molar-refractivity contribution in [1.82, 2.24) is 25.1 Å². The van der Waals surface area contributed by atoms with Crippen LogP contribution in [0.2, 0.25) is 0 Å². The summed E-state index contributed by atoms with van der Waals surface area (Å²) in [6.45, 7) is 6.83. The maximum Gasteiger partial charge on any atom is 0.305 e. The fraction of sp³-hybridized carbons (Fsp3) is 0.469. The molecule has 2 aliphatic rings. The van der Waals surface area contributed by atoms with Crippen LogP contribution in [0.15, 0.2) is 40.5 Å². The number of phenolic OH excluding ortho intramolecular Hbond substituents is 1. The smallest absolute Gasteiger partial charge is 0.305 e. The Labute approximate surface area is 263 Å². The number of aliphatic hydroxyl groups excluding tert-OH is 1. The predicted molar refractivity (Wildman–Crippen MR) is 171 cm³/mol. The summed E-state index contributed by atoms with van der Waals surface area (Å²) >= 11 is 2.47. The van der Waals surface area contributed by atoms with E-state index in [1.165, 1.54) is 17.4 Å². The summed E-state index contributed by atoms with van der Waals surface area (Å²) in [6, 6.07) is 8.33. The lowest BCUT2D eigenvalue weighted by molar-refractivity contribution is 0.0195. The third-order valence-corrected chi connectivity index (χ3v) is 10.7. The molecule has 2 aliphatic heterocycles. The Hall–Kier alpha value is -3.16. The first-order valence-corrected chi connectivity index (χ1v) is 16.8. The molecule has 2 fully saturated rings. The number of aromatic nitrogens is 2. The number of thiazole rings is 2. The number of carbonyl (C=O) groups is 1. The molecule has 0 aliphatic carbocycles. The summed E-state index contributed by atoms with van der Waals surface area (Å²) in [5, 5.41) is 26.7. The third kappa shape index (κ3) is 6.89. The van der Waals surface area contributed by atoms with Crippen molar-refractivity contribution in [3.8, 4) is 5.75 Å². The van der Waals surface area contributed by atoms with Crippen LogP contribution in [0.1, 0.15) is 64.0 Å². The number of aromatic hydroxyl groups is 1. The number of amides is 1. The Morgan fingerprint density at radius 1 is 1.18 bits per heavy atom. The first kappa shape index (κ1) is 30.8. The van der Waals surface area contributed by atoms with E-state index in [-0.39, 0.29) is 34.3 Å². The van der Waals surface area contributed by atoms with Gasteiger partial charge in [0.2, 0.25) is 0 Å². The number of carbonyl (C=O) groups excluding carboxylic acids is 1. The zero-order valence-electron chi connectivity index (χ0n) is 24.8. The molecule has 2 aromatic heterocycles. The Bertz CT molecular complexity index is 1690. The molecule has 0 radical (unpaired) electrons. The van der Waals surface area contributed by atoms with Gasteiger partial charge in [0.1, 0.15) is 22.8 Å². The van der Waals surface area contributed by atoms with E-state index in [0.717, 1.165) is 79.3 Å². The van der Waals surface area contributed by atoms with Gasteiger partial charge in [0, 0.05) is 37.1 Å². The molecule has 4 heterocycles. The number of likely N-dealkylation sites (tertiary alicyclic amines) is 2. The largest absolute Gasteiger partial charge is 0.506 e. The monoisotopic (exact) mass is 639 g/mol. The van der Waals surface area contributed by atoms with Gasteiger partial charge in [-0.15, -0.1) is 11.3 Å². The standard InChI is InChI=1S/C32H38FN5O4S2/c1-20-35-25(18-43-20)30(41)38-10-2-6-32(19-38)7-11-37(12-8-32)17-22-13-21(14-23(33)15-22)5-9-34-16-27(40)24-3-4-26(39)28-29(24)44-31(42)36-28/h3-4,13-15,18,27,34,39-40H,2,5-12,16-17,19H2,1H3,(H,36,42). The Morgan fingerprint density at radius 2 is 1.98 bits per heavy atom. The Kier molecular flexibility index (Phi) is 9.16. The molecular weight excluding hydrogens is 602 g/mol. The summed E-state index contributed by atoms with van der Waals surface area (Å²) < 4.78 is 15.1. The van der Waals surface area contributed by atoms with Gasteiger partial charge in [0.15, 0.2) is 0 Å². The molecular formula is C32H38FN5O4S2. The normalized spacial score (nSPS) is 17.8. The van der Waals surface area contributed by atoms with Gasteiger partial charge in [-0.2, -0.15) is 0 Å². The maximum absolute atomic E-state index is 14.6. The van der Waals surface area contributed by atoms with Crippen molar-refractivity contribution in [3.63, 3.8) is 0 Å². The Morgan fingerprint density at radius 3 is 2.75 bits per heavy atom. The molecule has 234 valence electrons. The Balaban J connectivity index is 0.992. The van der Waals surface area contributed by atoms with E-state index in [4.69, 9.17) is 0 Å². The van der Waals surface area contributed by atoms with Crippen LogP contribution in [-0.4, -0.2) is 75.2 Å². The average molecular weight is 640 g/mol. The van der Waals surface area contributed by atoms with Crippen LogP contribution < -0.4 is 10.2 Å². The van der Waals surface area contributed by atoms with Crippen LogP contribution in [0.4, 0.5) is 4.39 Å². The number of benzene rings is 2. The van der Waals surface area contributed by atoms with Crippen LogP contribution in [0.3, 0.4) is 0 Å². The zero-order chi connectivity index (χ0) is 30.8. The summed E-state index contributed by atoms with van der Waals surface area (Å²) in [5.41, 5.74) is 3.46. The average Bonchev–Trinajstić information content (AvgIpc) is 3.62. The molecule has 4 N–H and O–H groups in total. The van der Waals surface area contributed by atoms with E-state index in [0.29, 0.717) is 41.0 Å². The van der Waals surface area contributed by atoms with E-state index in [1.807, 2.05) is 17.2 Å². The van der Waals surface area contributed by atoms with Gasteiger partial charge in [0.05, 0.1) is 15.8 Å². The van der Waals surface area contributed by atoms with Crippen molar-refractivity contribution in [3.05, 3.63) is 78.6 Å². The van der Waals surface area contributed by atoms with Crippen molar-refractivity contribution in [2.24, 2.45) is 5.41 Å². The lowest BCUT2D eigenvalue weighted by Crippen LogP contribution is -2.51. The molecule has 9 nitrogen and oxygen atoms in total. The van der Waals surface area contributed by atoms with Gasteiger partial charge < -0.3 is 25.4 Å². The second-order valence-electron chi connectivity index (χ2n) is 12.2. The van der Waals surface area contributed by atoms with Crippen LogP contribution in [0, 0.1) is 18.2 Å². The van der Waals surface area contributed by atoms with Crippen molar-refractivity contribution in [2.75, 3.05) is 39.3 Å². The van der Waals surface area contributed by atoms with Gasteiger partial charge in [0.25, 0.3) is 5.91 Å². The van der Waals surface area contributed by atoms with Crippen LogP contribution >= 0.6 is 22.7 Å². The van der Waals surface area contributed by atoms with Crippen molar-refractivity contribution >= 4 is 38.8 Å². The number of hydrogen-bond acceptors (Lipinski definition) is 9. The second kappa shape index (κ2) is 13.1. The number of fused-ring (bicyclic) bond motifs is 1. The number of halogens is 1. The number of piperidine rings is 2. The zero-order valence-corrected chi connectivity index (χ0v) is 26.4. The lowest BCUT2D eigenvalue weighted by atomic mass is 9.72. The SMILES string of the molecule is Cc1nc(C(=O)N2CCCC3(CCN(Cc4cc(F)cc(CCNCC(O)c5ccc(O)c6[nH]c(=O)sc56)c4)CC3)C2)cs1. The second-order valence-corrected chi connectivity index (χ2v) is 14.2. The molecule has 1 amide bonds. The molecule has 12 heteroatoms. The van der Waals surface area contributed by atoms with Gasteiger partial charge in [-0.1, -0.05) is 23.5 Å². The molecule has 1 spiro atoms.